The van der Waals surface area contributed by atoms with Gasteiger partial charge in [0.2, 0.25) is 0 Å². The molecule has 0 spiro atoms. The molecule has 6 atom stereocenters. The lowest BCUT2D eigenvalue weighted by Gasteiger charge is -2.28. The van der Waals surface area contributed by atoms with Crippen LogP contribution in [-0.4, -0.2) is 54.2 Å². The Morgan fingerprint density at radius 3 is 1.84 bits per heavy atom. The average molecular weight is 540 g/mol. The van der Waals surface area contributed by atoms with E-state index in [9.17, 15) is 24.3 Å². The van der Waals surface area contributed by atoms with Crippen molar-refractivity contribution in [3.8, 4) is 11.5 Å². The number of nitrogens with two attached hydrogens (primary N) is 1. The summed E-state index contributed by atoms with van der Waals surface area (Å²) in [5.41, 5.74) is 6.39. The van der Waals surface area contributed by atoms with E-state index in [0.29, 0.717) is 24.8 Å². The zero-order valence-electron chi connectivity index (χ0n) is 23.2. The first kappa shape index (κ1) is 32.7. The molecule has 0 radical (unpaired) electrons. The summed E-state index contributed by atoms with van der Waals surface area (Å²) in [5, 5.41) is 9.66. The number of carboxylic acid groups (broad SMARTS) is 1. The summed E-state index contributed by atoms with van der Waals surface area (Å²) in [4.78, 5) is 48.6. The molecular weight excluding hydrogens is 498 g/mol. The van der Waals surface area contributed by atoms with Gasteiger partial charge in [-0.25, -0.2) is 9.59 Å². The zero-order valence-corrected chi connectivity index (χ0v) is 23.2. The van der Waals surface area contributed by atoms with Crippen LogP contribution < -0.4 is 15.2 Å². The summed E-state index contributed by atoms with van der Waals surface area (Å²) in [6, 6.07) is 2.82. The van der Waals surface area contributed by atoms with Crippen LogP contribution in [0.25, 0.3) is 0 Å². The van der Waals surface area contributed by atoms with Crippen LogP contribution in [0.2, 0.25) is 0 Å². The van der Waals surface area contributed by atoms with Crippen molar-refractivity contribution in [2.45, 2.75) is 91.9 Å². The van der Waals surface area contributed by atoms with Crippen molar-refractivity contribution in [1.82, 2.24) is 0 Å². The molecule has 38 heavy (non-hydrogen) atoms. The number of benzene rings is 1. The standard InChI is InChI=1S/C27H41NO10/c1-8-15(4)25(31)34-14-16(5)22(23(28)24(29)30)19-11-12-20(37-26(32)35-17(6)9-2)21(13-19)38-27(33)36-18(7)10-3/h11-13,15-18,22-23H,8-10,14,28H2,1-7H3,(H,29,30)/t15?,16?,17?,18?,22?,23-/m0/s1. The molecule has 0 saturated heterocycles. The van der Waals surface area contributed by atoms with E-state index in [1.54, 1.807) is 27.7 Å². The third-order valence-corrected chi connectivity index (χ3v) is 6.27. The number of carbonyl (C=O) groups is 4. The first-order chi connectivity index (χ1) is 17.8. The van der Waals surface area contributed by atoms with Gasteiger partial charge in [0.05, 0.1) is 12.5 Å². The lowest BCUT2D eigenvalue weighted by Crippen LogP contribution is -2.40. The Labute approximate surface area is 223 Å². The molecule has 1 aromatic rings. The van der Waals surface area contributed by atoms with E-state index in [2.05, 4.69) is 0 Å². The second-order valence-electron chi connectivity index (χ2n) is 9.39. The highest BCUT2D eigenvalue weighted by Gasteiger charge is 2.33. The highest BCUT2D eigenvalue weighted by Crippen LogP contribution is 2.36. The van der Waals surface area contributed by atoms with Crippen molar-refractivity contribution in [2.75, 3.05) is 6.61 Å². The molecule has 0 fully saturated rings. The van der Waals surface area contributed by atoms with E-state index in [-0.39, 0.29) is 24.0 Å². The number of ether oxygens (including phenoxy) is 5. The van der Waals surface area contributed by atoms with Gasteiger partial charge >= 0.3 is 24.2 Å². The van der Waals surface area contributed by atoms with Gasteiger partial charge in [0.25, 0.3) is 0 Å². The van der Waals surface area contributed by atoms with Gasteiger partial charge in [0.15, 0.2) is 11.5 Å². The van der Waals surface area contributed by atoms with Crippen molar-refractivity contribution in [1.29, 1.82) is 0 Å². The van der Waals surface area contributed by atoms with Crippen LogP contribution in [0.4, 0.5) is 9.59 Å². The molecule has 0 heterocycles. The molecular formula is C27H41NO10. The molecule has 11 heteroatoms. The smallest absolute Gasteiger partial charge is 0.480 e. The number of esters is 1. The minimum Gasteiger partial charge on any atom is -0.480 e. The summed E-state index contributed by atoms with van der Waals surface area (Å²) in [5.74, 6) is -3.70. The Bertz CT molecular complexity index is 950. The first-order valence-electron chi connectivity index (χ1n) is 12.9. The highest BCUT2D eigenvalue weighted by atomic mass is 16.7. The summed E-state index contributed by atoms with van der Waals surface area (Å²) in [7, 11) is 0. The quantitative estimate of drug-likeness (QED) is 0.185. The van der Waals surface area contributed by atoms with E-state index in [4.69, 9.17) is 29.4 Å². The maximum Gasteiger partial charge on any atom is 0.514 e. The van der Waals surface area contributed by atoms with Gasteiger partial charge in [-0.15, -0.1) is 0 Å². The Balaban J connectivity index is 3.38. The molecule has 0 amide bonds. The van der Waals surface area contributed by atoms with Crippen molar-refractivity contribution in [3.63, 3.8) is 0 Å². The number of rotatable bonds is 14. The molecule has 1 rings (SSSR count). The van der Waals surface area contributed by atoms with E-state index in [0.717, 1.165) is 0 Å². The number of hydrogen-bond donors (Lipinski definition) is 2. The lowest BCUT2D eigenvalue weighted by atomic mass is 9.82. The van der Waals surface area contributed by atoms with Crippen molar-refractivity contribution < 1.29 is 48.0 Å². The maximum absolute atomic E-state index is 12.4. The van der Waals surface area contributed by atoms with Crippen LogP contribution in [0.1, 0.15) is 79.2 Å². The molecule has 0 saturated carbocycles. The second kappa shape index (κ2) is 15.8. The zero-order chi connectivity index (χ0) is 29.0. The Kier molecular flexibility index (Phi) is 13.6. The van der Waals surface area contributed by atoms with Crippen molar-refractivity contribution >= 4 is 24.2 Å². The molecule has 0 aliphatic heterocycles. The van der Waals surface area contributed by atoms with Crippen LogP contribution in [0.5, 0.6) is 11.5 Å². The lowest BCUT2D eigenvalue weighted by molar-refractivity contribution is -0.149. The van der Waals surface area contributed by atoms with Crippen molar-refractivity contribution in [2.24, 2.45) is 17.6 Å². The number of aliphatic carboxylic acids is 1. The fraction of sp³-hybridized carbons (Fsp3) is 0.630. The van der Waals surface area contributed by atoms with Crippen LogP contribution in [-0.2, 0) is 23.8 Å². The molecule has 0 aliphatic carbocycles. The van der Waals surface area contributed by atoms with E-state index in [1.807, 2.05) is 20.8 Å². The molecule has 11 nitrogen and oxygen atoms in total. The monoisotopic (exact) mass is 539 g/mol. The van der Waals surface area contributed by atoms with E-state index < -0.39 is 54.3 Å². The average Bonchev–Trinajstić information content (AvgIpc) is 2.87. The topological polar surface area (TPSA) is 161 Å². The molecule has 5 unspecified atom stereocenters. The van der Waals surface area contributed by atoms with Gasteiger partial charge in [-0.05, 0) is 56.7 Å². The third kappa shape index (κ3) is 10.2. The van der Waals surface area contributed by atoms with Crippen LogP contribution >= 0.6 is 0 Å². The molecule has 0 aliphatic rings. The predicted molar refractivity (Wildman–Crippen MR) is 138 cm³/mol. The molecule has 214 valence electrons. The molecule has 0 bridgehead atoms. The molecule has 0 aromatic heterocycles. The Hall–Kier alpha value is -3.34. The Morgan fingerprint density at radius 1 is 0.842 bits per heavy atom. The fourth-order valence-corrected chi connectivity index (χ4v) is 3.29. The minimum atomic E-state index is -1.38. The van der Waals surface area contributed by atoms with Gasteiger partial charge in [-0.3, -0.25) is 9.59 Å². The summed E-state index contributed by atoms with van der Waals surface area (Å²) in [6.45, 7) is 12.2. The first-order valence-corrected chi connectivity index (χ1v) is 12.9. The number of carboxylic acids is 1. The van der Waals surface area contributed by atoms with E-state index in [1.165, 1.54) is 18.2 Å². The van der Waals surface area contributed by atoms with Gasteiger partial charge in [0, 0.05) is 5.92 Å². The SMILES string of the molecule is CCC(C)OC(=O)Oc1ccc(C(C(C)COC(=O)C(C)CC)[C@H](N)C(=O)O)cc1OC(=O)OC(C)CC. The van der Waals surface area contributed by atoms with Gasteiger partial charge in [0.1, 0.15) is 18.2 Å². The Morgan fingerprint density at radius 2 is 1.37 bits per heavy atom. The fourth-order valence-electron chi connectivity index (χ4n) is 3.29. The van der Waals surface area contributed by atoms with E-state index >= 15 is 0 Å². The highest BCUT2D eigenvalue weighted by molar-refractivity contribution is 5.75. The van der Waals surface area contributed by atoms with Crippen LogP contribution in [0, 0.1) is 11.8 Å². The van der Waals surface area contributed by atoms with Crippen LogP contribution in [0.15, 0.2) is 18.2 Å². The van der Waals surface area contributed by atoms with Gasteiger partial charge in [-0.1, -0.05) is 40.7 Å². The predicted octanol–water partition coefficient (Wildman–Crippen LogP) is 5.04. The summed E-state index contributed by atoms with van der Waals surface area (Å²) in [6.07, 6.45) is -1.17. The molecule has 3 N–H and O–H groups in total. The second-order valence-corrected chi connectivity index (χ2v) is 9.39. The minimum absolute atomic E-state index is 0.0828. The van der Waals surface area contributed by atoms with Crippen molar-refractivity contribution in [3.05, 3.63) is 23.8 Å². The number of carbonyl (C=O) groups excluding carboxylic acids is 3. The van der Waals surface area contributed by atoms with Gasteiger partial charge in [-0.2, -0.15) is 0 Å². The molecule has 1 aromatic carbocycles. The third-order valence-electron chi connectivity index (χ3n) is 6.27. The maximum atomic E-state index is 12.4. The normalized spacial score (nSPS) is 15.7. The van der Waals surface area contributed by atoms with Crippen LogP contribution in [0.3, 0.4) is 0 Å². The number of hydrogen-bond acceptors (Lipinski definition) is 10. The van der Waals surface area contributed by atoms with Gasteiger partial charge < -0.3 is 34.5 Å². The summed E-state index contributed by atoms with van der Waals surface area (Å²) >= 11 is 0. The summed E-state index contributed by atoms with van der Waals surface area (Å²) < 4.78 is 26.3. The largest absolute Gasteiger partial charge is 0.514 e.